The summed E-state index contributed by atoms with van der Waals surface area (Å²) in [6, 6.07) is 9.04. The van der Waals surface area contributed by atoms with Crippen molar-refractivity contribution in [2.24, 2.45) is 23.7 Å². The van der Waals surface area contributed by atoms with Gasteiger partial charge >= 0.3 is 0 Å². The molecule has 0 unspecified atom stereocenters. The standard InChI is InChI=1S/C23H32ClN3O/c1-25-23(28)21-11-20(13-27(21)12-14-3-2-4-19(24)10-14)26-22-17-6-15-5-16(8-17)9-18(22)7-15/h2-4,10,15-18,20-22,26H,5-9,11-13H2,1H3,(H,25,28)/t15?,16?,17?,18?,20-,21+,22?/m1/s1. The number of hydrogen-bond acceptors (Lipinski definition) is 3. The van der Waals surface area contributed by atoms with Crippen LogP contribution in [0.25, 0.3) is 0 Å². The summed E-state index contributed by atoms with van der Waals surface area (Å²) in [5.41, 5.74) is 1.18. The molecule has 2 N–H and O–H groups in total. The summed E-state index contributed by atoms with van der Waals surface area (Å²) in [5, 5.41) is 7.69. The lowest BCUT2D eigenvalue weighted by molar-refractivity contribution is -0.125. The number of carbonyl (C=O) groups is 1. The lowest BCUT2D eigenvalue weighted by atomic mass is 9.54. The minimum Gasteiger partial charge on any atom is -0.358 e. The molecule has 1 aromatic rings. The summed E-state index contributed by atoms with van der Waals surface area (Å²) >= 11 is 6.17. The van der Waals surface area contributed by atoms with Gasteiger partial charge in [-0.2, -0.15) is 0 Å². The average Bonchev–Trinajstić information content (AvgIpc) is 3.06. The van der Waals surface area contributed by atoms with E-state index in [1.807, 2.05) is 18.2 Å². The highest BCUT2D eigenvalue weighted by atomic mass is 35.5. The number of benzene rings is 1. The molecule has 1 amide bonds. The second-order valence-electron chi connectivity index (χ2n) is 9.75. The first-order valence-electron chi connectivity index (χ1n) is 11.0. The number of likely N-dealkylation sites (N-methyl/N-ethyl adjacent to an activating group) is 1. The number of halogens is 1. The Morgan fingerprint density at radius 2 is 1.82 bits per heavy atom. The fourth-order valence-electron chi connectivity index (χ4n) is 6.98. The van der Waals surface area contributed by atoms with Gasteiger partial charge in [0.05, 0.1) is 6.04 Å². The van der Waals surface area contributed by atoms with Crippen molar-refractivity contribution in [1.29, 1.82) is 0 Å². The first-order valence-corrected chi connectivity index (χ1v) is 11.4. The third-order valence-corrected chi connectivity index (χ3v) is 8.12. The molecule has 5 fully saturated rings. The first kappa shape index (κ1) is 18.9. The predicted molar refractivity (Wildman–Crippen MR) is 112 cm³/mol. The molecule has 4 nitrogen and oxygen atoms in total. The van der Waals surface area contributed by atoms with Crippen molar-refractivity contribution in [3.05, 3.63) is 34.9 Å². The van der Waals surface area contributed by atoms with E-state index in [0.717, 1.165) is 48.2 Å². The van der Waals surface area contributed by atoms with Gasteiger partial charge in [0.2, 0.25) is 5.91 Å². The van der Waals surface area contributed by atoms with E-state index < -0.39 is 0 Å². The molecule has 2 atom stereocenters. The van der Waals surface area contributed by atoms with E-state index in [2.05, 4.69) is 21.6 Å². The fraction of sp³-hybridized carbons (Fsp3) is 0.696. The first-order chi connectivity index (χ1) is 13.6. The Kier molecular flexibility index (Phi) is 5.14. The van der Waals surface area contributed by atoms with Crippen LogP contribution < -0.4 is 10.6 Å². The van der Waals surface area contributed by atoms with Crippen LogP contribution in [-0.2, 0) is 11.3 Å². The minimum atomic E-state index is -0.0571. The summed E-state index contributed by atoms with van der Waals surface area (Å²) in [6.45, 7) is 1.71. The van der Waals surface area contributed by atoms with Crippen LogP contribution in [0.15, 0.2) is 24.3 Å². The smallest absolute Gasteiger partial charge is 0.237 e. The molecule has 1 aromatic carbocycles. The summed E-state index contributed by atoms with van der Waals surface area (Å²) in [5.74, 6) is 3.88. The van der Waals surface area contributed by atoms with Crippen molar-refractivity contribution in [1.82, 2.24) is 15.5 Å². The van der Waals surface area contributed by atoms with Crippen molar-refractivity contribution in [3.63, 3.8) is 0 Å². The van der Waals surface area contributed by atoms with Crippen LogP contribution in [0.2, 0.25) is 5.02 Å². The molecule has 4 aliphatic carbocycles. The zero-order chi connectivity index (χ0) is 19.3. The van der Waals surface area contributed by atoms with Crippen LogP contribution in [0.4, 0.5) is 0 Å². The summed E-state index contributed by atoms with van der Waals surface area (Å²) in [7, 11) is 1.75. The molecule has 4 bridgehead atoms. The highest BCUT2D eigenvalue weighted by Crippen LogP contribution is 2.53. The minimum absolute atomic E-state index is 0.0571. The molecule has 1 aliphatic heterocycles. The molecule has 0 radical (unpaired) electrons. The molecule has 5 heteroatoms. The van der Waals surface area contributed by atoms with Gasteiger partial charge in [0, 0.05) is 37.2 Å². The number of amides is 1. The molecular weight excluding hydrogens is 370 g/mol. The van der Waals surface area contributed by atoms with Crippen molar-refractivity contribution < 1.29 is 4.79 Å². The maximum atomic E-state index is 12.6. The lowest BCUT2D eigenvalue weighted by Crippen LogP contribution is -2.57. The van der Waals surface area contributed by atoms with Crippen molar-refractivity contribution >= 4 is 17.5 Å². The third kappa shape index (κ3) is 3.59. The van der Waals surface area contributed by atoms with E-state index in [0.29, 0.717) is 12.1 Å². The number of rotatable bonds is 5. The Bertz CT molecular complexity index is 710. The Morgan fingerprint density at radius 3 is 2.46 bits per heavy atom. The predicted octanol–water partition coefficient (Wildman–Crippen LogP) is 3.44. The molecule has 6 rings (SSSR count). The third-order valence-electron chi connectivity index (χ3n) is 7.88. The van der Waals surface area contributed by atoms with Crippen LogP contribution in [-0.4, -0.2) is 42.5 Å². The van der Waals surface area contributed by atoms with Gasteiger partial charge < -0.3 is 10.6 Å². The van der Waals surface area contributed by atoms with Gasteiger partial charge in [0.15, 0.2) is 0 Å². The Hall–Kier alpha value is -1.10. The molecule has 4 saturated carbocycles. The summed E-state index contributed by atoms with van der Waals surface area (Å²) in [4.78, 5) is 14.9. The highest BCUT2D eigenvalue weighted by Gasteiger charge is 2.49. The maximum absolute atomic E-state index is 12.6. The van der Waals surface area contributed by atoms with E-state index in [9.17, 15) is 4.79 Å². The number of nitrogens with zero attached hydrogens (tertiary/aromatic N) is 1. The lowest BCUT2D eigenvalue weighted by Gasteiger charge is -2.55. The zero-order valence-electron chi connectivity index (χ0n) is 16.7. The largest absolute Gasteiger partial charge is 0.358 e. The molecule has 1 heterocycles. The molecule has 5 aliphatic rings. The summed E-state index contributed by atoms with van der Waals surface area (Å²) < 4.78 is 0. The second kappa shape index (κ2) is 7.62. The van der Waals surface area contributed by atoms with Gasteiger partial charge in [-0.05, 0) is 79.9 Å². The normalized spacial score (nSPS) is 39.4. The van der Waals surface area contributed by atoms with Gasteiger partial charge in [0.25, 0.3) is 0 Å². The van der Waals surface area contributed by atoms with E-state index >= 15 is 0 Å². The van der Waals surface area contributed by atoms with Gasteiger partial charge in [-0.25, -0.2) is 0 Å². The number of hydrogen-bond donors (Lipinski definition) is 2. The molecule has 1 saturated heterocycles. The van der Waals surface area contributed by atoms with E-state index in [-0.39, 0.29) is 11.9 Å². The van der Waals surface area contributed by atoms with Crippen LogP contribution in [0, 0.1) is 23.7 Å². The number of likely N-dealkylation sites (tertiary alicyclic amines) is 1. The Labute approximate surface area is 173 Å². The Morgan fingerprint density at radius 1 is 1.11 bits per heavy atom. The monoisotopic (exact) mass is 401 g/mol. The van der Waals surface area contributed by atoms with Crippen LogP contribution in [0.1, 0.15) is 44.1 Å². The van der Waals surface area contributed by atoms with Gasteiger partial charge in [-0.15, -0.1) is 0 Å². The van der Waals surface area contributed by atoms with Crippen LogP contribution in [0.3, 0.4) is 0 Å². The molecule has 0 spiro atoms. The Balaban J connectivity index is 1.28. The highest BCUT2D eigenvalue weighted by molar-refractivity contribution is 6.30. The second-order valence-corrected chi connectivity index (χ2v) is 10.2. The zero-order valence-corrected chi connectivity index (χ0v) is 17.5. The van der Waals surface area contributed by atoms with Crippen molar-refractivity contribution in [2.75, 3.05) is 13.6 Å². The molecule has 28 heavy (non-hydrogen) atoms. The van der Waals surface area contributed by atoms with Crippen LogP contribution in [0.5, 0.6) is 0 Å². The van der Waals surface area contributed by atoms with E-state index in [1.54, 1.807) is 7.05 Å². The quantitative estimate of drug-likeness (QED) is 0.794. The van der Waals surface area contributed by atoms with E-state index in [4.69, 9.17) is 11.6 Å². The average molecular weight is 402 g/mol. The van der Waals surface area contributed by atoms with Crippen molar-refractivity contribution in [2.45, 2.75) is 63.2 Å². The van der Waals surface area contributed by atoms with Crippen molar-refractivity contribution in [3.8, 4) is 0 Å². The van der Waals surface area contributed by atoms with Crippen LogP contribution >= 0.6 is 11.6 Å². The van der Waals surface area contributed by atoms with Gasteiger partial charge in [0.1, 0.15) is 0 Å². The number of carbonyl (C=O) groups excluding carboxylic acids is 1. The SMILES string of the molecule is CNC(=O)[C@@H]1C[C@@H](NC2C3CC4CC(C3)CC2C4)CN1Cc1cccc(Cl)c1. The topological polar surface area (TPSA) is 44.4 Å². The van der Waals surface area contributed by atoms with Gasteiger partial charge in [-0.3, -0.25) is 9.69 Å². The molecular formula is C23H32ClN3O. The molecule has 152 valence electrons. The van der Waals surface area contributed by atoms with E-state index in [1.165, 1.54) is 37.7 Å². The summed E-state index contributed by atoms with van der Waals surface area (Å²) in [6.07, 6.45) is 8.13. The fourth-order valence-corrected chi connectivity index (χ4v) is 7.19. The van der Waals surface area contributed by atoms with Gasteiger partial charge in [-0.1, -0.05) is 23.7 Å². The molecule has 0 aromatic heterocycles. The maximum Gasteiger partial charge on any atom is 0.237 e. The number of nitrogens with one attached hydrogen (secondary N) is 2.